The molecule has 0 aliphatic heterocycles. The summed E-state index contributed by atoms with van der Waals surface area (Å²) in [5.74, 6) is 0.424. The topological polar surface area (TPSA) is 47.6 Å². The third kappa shape index (κ3) is 4.15. The van der Waals surface area contributed by atoms with E-state index in [0.29, 0.717) is 17.2 Å². The van der Waals surface area contributed by atoms with Crippen LogP contribution < -0.4 is 14.8 Å². The van der Waals surface area contributed by atoms with Gasteiger partial charge in [-0.2, -0.15) is 13.2 Å². The number of benzene rings is 2. The van der Waals surface area contributed by atoms with Crippen molar-refractivity contribution in [3.05, 3.63) is 53.6 Å². The number of rotatable bonds is 4. The Hall–Kier alpha value is -2.70. The highest BCUT2D eigenvalue weighted by Crippen LogP contribution is 2.29. The second-order valence-corrected chi connectivity index (χ2v) is 4.63. The zero-order chi connectivity index (χ0) is 17.0. The van der Waals surface area contributed by atoms with Crippen LogP contribution in [0.5, 0.6) is 11.5 Å². The van der Waals surface area contributed by atoms with Gasteiger partial charge in [0.05, 0.1) is 19.8 Å². The summed E-state index contributed by atoms with van der Waals surface area (Å²) in [5.41, 5.74) is -0.289. The van der Waals surface area contributed by atoms with Crippen molar-refractivity contribution in [3.63, 3.8) is 0 Å². The van der Waals surface area contributed by atoms with Crippen LogP contribution in [0.4, 0.5) is 18.9 Å². The molecule has 0 unspecified atom stereocenters. The van der Waals surface area contributed by atoms with Crippen LogP contribution in [0, 0.1) is 0 Å². The molecule has 0 aliphatic rings. The molecule has 122 valence electrons. The number of hydrogen-bond acceptors (Lipinski definition) is 3. The van der Waals surface area contributed by atoms with E-state index in [-0.39, 0.29) is 5.56 Å². The van der Waals surface area contributed by atoms with E-state index in [9.17, 15) is 18.0 Å². The first-order chi connectivity index (χ1) is 10.8. The Morgan fingerprint density at radius 2 is 1.48 bits per heavy atom. The van der Waals surface area contributed by atoms with Crippen molar-refractivity contribution in [1.29, 1.82) is 0 Å². The summed E-state index contributed by atoms with van der Waals surface area (Å²) in [6, 6.07) is 8.75. The number of anilines is 1. The minimum atomic E-state index is -4.44. The number of methoxy groups -OCH3 is 2. The molecule has 4 nitrogen and oxygen atoms in total. The molecular formula is C16H14F3NO3. The highest BCUT2D eigenvalue weighted by molar-refractivity contribution is 6.04. The number of ether oxygens (including phenoxy) is 2. The standard InChI is InChI=1S/C16H14F3NO3/c1-22-13-7-12(8-14(9-13)23-2)20-15(21)10-3-5-11(6-4-10)16(17,18)19/h3-9H,1-2H3,(H,20,21). The quantitative estimate of drug-likeness (QED) is 0.925. The van der Waals surface area contributed by atoms with Crippen molar-refractivity contribution in [1.82, 2.24) is 0 Å². The molecule has 2 rings (SSSR count). The second-order valence-electron chi connectivity index (χ2n) is 4.63. The van der Waals surface area contributed by atoms with Gasteiger partial charge < -0.3 is 14.8 Å². The van der Waals surface area contributed by atoms with Crippen molar-refractivity contribution in [3.8, 4) is 11.5 Å². The predicted octanol–water partition coefficient (Wildman–Crippen LogP) is 3.97. The van der Waals surface area contributed by atoms with Crippen LogP contribution >= 0.6 is 0 Å². The van der Waals surface area contributed by atoms with Crippen LogP contribution in [-0.2, 0) is 6.18 Å². The lowest BCUT2D eigenvalue weighted by Crippen LogP contribution is -2.13. The Balaban J connectivity index is 2.19. The maximum atomic E-state index is 12.5. The van der Waals surface area contributed by atoms with Gasteiger partial charge in [-0.15, -0.1) is 0 Å². The van der Waals surface area contributed by atoms with Crippen molar-refractivity contribution in [2.45, 2.75) is 6.18 Å². The molecule has 23 heavy (non-hydrogen) atoms. The Bertz CT molecular complexity index is 674. The fraction of sp³-hybridized carbons (Fsp3) is 0.188. The third-order valence-electron chi connectivity index (χ3n) is 3.08. The first kappa shape index (κ1) is 16.7. The number of carbonyl (C=O) groups is 1. The molecule has 0 heterocycles. The molecule has 0 aliphatic carbocycles. The van der Waals surface area contributed by atoms with Crippen LogP contribution in [0.3, 0.4) is 0 Å². The Morgan fingerprint density at radius 1 is 0.957 bits per heavy atom. The largest absolute Gasteiger partial charge is 0.497 e. The minimum absolute atomic E-state index is 0.111. The van der Waals surface area contributed by atoms with Gasteiger partial charge in [0.1, 0.15) is 11.5 Å². The summed E-state index contributed by atoms with van der Waals surface area (Å²) < 4.78 is 47.7. The van der Waals surface area contributed by atoms with Crippen LogP contribution in [0.1, 0.15) is 15.9 Å². The highest BCUT2D eigenvalue weighted by Gasteiger charge is 2.30. The molecule has 7 heteroatoms. The van der Waals surface area contributed by atoms with Gasteiger partial charge in [-0.1, -0.05) is 0 Å². The molecule has 0 aromatic heterocycles. The van der Waals surface area contributed by atoms with Crippen molar-refractivity contribution in [2.75, 3.05) is 19.5 Å². The third-order valence-corrected chi connectivity index (χ3v) is 3.08. The first-order valence-corrected chi connectivity index (χ1v) is 6.55. The smallest absolute Gasteiger partial charge is 0.416 e. The average Bonchev–Trinajstić information content (AvgIpc) is 2.53. The Morgan fingerprint density at radius 3 is 1.91 bits per heavy atom. The number of amides is 1. The van der Waals surface area contributed by atoms with Crippen LogP contribution in [-0.4, -0.2) is 20.1 Å². The molecule has 0 fully saturated rings. The summed E-state index contributed by atoms with van der Waals surface area (Å²) in [5, 5.41) is 2.59. The fourth-order valence-electron chi connectivity index (χ4n) is 1.89. The van der Waals surface area contributed by atoms with E-state index < -0.39 is 17.6 Å². The number of alkyl halides is 3. The molecule has 2 aromatic carbocycles. The zero-order valence-electron chi connectivity index (χ0n) is 12.4. The SMILES string of the molecule is COc1cc(NC(=O)c2ccc(C(F)(F)F)cc2)cc(OC)c1. The van der Waals surface area contributed by atoms with Gasteiger partial charge in [0.25, 0.3) is 5.91 Å². The van der Waals surface area contributed by atoms with Gasteiger partial charge in [-0.3, -0.25) is 4.79 Å². The fourth-order valence-corrected chi connectivity index (χ4v) is 1.89. The minimum Gasteiger partial charge on any atom is -0.497 e. The molecule has 0 spiro atoms. The number of nitrogens with one attached hydrogen (secondary N) is 1. The van der Waals surface area contributed by atoms with E-state index in [4.69, 9.17) is 9.47 Å². The van der Waals surface area contributed by atoms with Gasteiger partial charge >= 0.3 is 6.18 Å². The van der Waals surface area contributed by atoms with E-state index in [0.717, 1.165) is 24.3 Å². The lowest BCUT2D eigenvalue weighted by atomic mass is 10.1. The summed E-state index contributed by atoms with van der Waals surface area (Å²) in [6.07, 6.45) is -4.44. The molecule has 0 saturated carbocycles. The van der Waals surface area contributed by atoms with Crippen molar-refractivity contribution < 1.29 is 27.4 Å². The van der Waals surface area contributed by atoms with E-state index in [1.54, 1.807) is 18.2 Å². The summed E-state index contributed by atoms with van der Waals surface area (Å²) >= 11 is 0. The summed E-state index contributed by atoms with van der Waals surface area (Å²) in [7, 11) is 2.94. The lowest BCUT2D eigenvalue weighted by Gasteiger charge is -2.11. The van der Waals surface area contributed by atoms with Gasteiger partial charge in [0.2, 0.25) is 0 Å². The Labute approximate surface area is 130 Å². The van der Waals surface area contributed by atoms with Crippen LogP contribution in [0.25, 0.3) is 0 Å². The van der Waals surface area contributed by atoms with Gasteiger partial charge in [-0.05, 0) is 24.3 Å². The van der Waals surface area contributed by atoms with Crippen LogP contribution in [0.2, 0.25) is 0 Å². The molecule has 0 radical (unpaired) electrons. The van der Waals surface area contributed by atoms with E-state index >= 15 is 0 Å². The molecule has 1 amide bonds. The lowest BCUT2D eigenvalue weighted by molar-refractivity contribution is -0.137. The number of halogens is 3. The van der Waals surface area contributed by atoms with E-state index in [1.165, 1.54) is 14.2 Å². The number of carbonyl (C=O) groups excluding carboxylic acids is 1. The maximum Gasteiger partial charge on any atom is 0.416 e. The van der Waals surface area contributed by atoms with Gasteiger partial charge in [0, 0.05) is 29.4 Å². The zero-order valence-corrected chi connectivity index (χ0v) is 12.4. The number of hydrogen-bond donors (Lipinski definition) is 1. The summed E-state index contributed by atoms with van der Waals surface area (Å²) in [4.78, 5) is 12.1. The monoisotopic (exact) mass is 325 g/mol. The van der Waals surface area contributed by atoms with E-state index in [2.05, 4.69) is 5.32 Å². The highest BCUT2D eigenvalue weighted by atomic mass is 19.4. The van der Waals surface area contributed by atoms with Gasteiger partial charge in [0.15, 0.2) is 0 Å². The molecule has 0 atom stereocenters. The van der Waals surface area contributed by atoms with Crippen molar-refractivity contribution in [2.24, 2.45) is 0 Å². The van der Waals surface area contributed by atoms with Crippen molar-refractivity contribution >= 4 is 11.6 Å². The average molecular weight is 325 g/mol. The van der Waals surface area contributed by atoms with Crippen LogP contribution in [0.15, 0.2) is 42.5 Å². The maximum absolute atomic E-state index is 12.5. The predicted molar refractivity (Wildman–Crippen MR) is 78.9 cm³/mol. The second kappa shape index (κ2) is 6.60. The van der Waals surface area contributed by atoms with Gasteiger partial charge in [-0.25, -0.2) is 0 Å². The molecule has 2 aromatic rings. The normalized spacial score (nSPS) is 11.0. The molecule has 1 N–H and O–H groups in total. The first-order valence-electron chi connectivity index (χ1n) is 6.55. The Kier molecular flexibility index (Phi) is 4.78. The molecule has 0 bridgehead atoms. The molecule has 0 saturated heterocycles. The van der Waals surface area contributed by atoms with E-state index in [1.807, 2.05) is 0 Å². The molecular weight excluding hydrogens is 311 g/mol. The summed E-state index contributed by atoms with van der Waals surface area (Å²) in [6.45, 7) is 0.